The summed E-state index contributed by atoms with van der Waals surface area (Å²) in [6, 6.07) is 11.9. The number of methoxy groups -OCH3 is 1. The van der Waals surface area contributed by atoms with Crippen LogP contribution < -0.4 is 15.0 Å². The molecule has 0 saturated carbocycles. The summed E-state index contributed by atoms with van der Waals surface area (Å²) in [6.45, 7) is 1.91. The van der Waals surface area contributed by atoms with Crippen LogP contribution in [0.5, 0.6) is 5.75 Å². The van der Waals surface area contributed by atoms with Gasteiger partial charge in [-0.3, -0.25) is 0 Å². The van der Waals surface area contributed by atoms with Crippen LogP contribution in [0.2, 0.25) is 0 Å². The van der Waals surface area contributed by atoms with Gasteiger partial charge in [-0.05, 0) is 50.0 Å². The van der Waals surface area contributed by atoms with Gasteiger partial charge in [0.25, 0.3) is 0 Å². The zero-order chi connectivity index (χ0) is 21.8. The molecule has 4 aromatic rings. The molecule has 8 heteroatoms. The molecule has 1 aromatic carbocycles. The van der Waals surface area contributed by atoms with Crippen molar-refractivity contribution in [2.45, 2.75) is 0 Å². The number of pyridine rings is 1. The maximum absolute atomic E-state index is 5.64. The number of rotatable bonds is 8. The van der Waals surface area contributed by atoms with Gasteiger partial charge in [0.2, 0.25) is 0 Å². The molecular weight excluding hydrogens is 390 g/mol. The van der Waals surface area contributed by atoms with Crippen LogP contribution >= 0.6 is 0 Å². The number of likely N-dealkylation sites (N-methyl/N-ethyl adjacent to an activating group) is 2. The molecule has 0 aliphatic heterocycles. The Morgan fingerprint density at radius 2 is 1.90 bits per heavy atom. The first kappa shape index (κ1) is 20.6. The fourth-order valence-electron chi connectivity index (χ4n) is 3.33. The molecule has 3 heterocycles. The molecule has 0 aliphatic carbocycles. The monoisotopic (exact) mass is 417 g/mol. The van der Waals surface area contributed by atoms with E-state index < -0.39 is 0 Å². The van der Waals surface area contributed by atoms with Crippen molar-refractivity contribution in [3.8, 4) is 16.9 Å². The van der Waals surface area contributed by atoms with E-state index in [9.17, 15) is 0 Å². The predicted molar refractivity (Wildman–Crippen MR) is 124 cm³/mol. The molecule has 0 aliphatic rings. The van der Waals surface area contributed by atoms with Crippen molar-refractivity contribution in [3.63, 3.8) is 0 Å². The molecule has 0 amide bonds. The predicted octanol–water partition coefficient (Wildman–Crippen LogP) is 3.54. The molecule has 31 heavy (non-hydrogen) atoms. The maximum Gasteiger partial charge on any atom is 0.162 e. The second-order valence-electron chi connectivity index (χ2n) is 7.61. The third kappa shape index (κ3) is 4.59. The highest BCUT2D eigenvalue weighted by Crippen LogP contribution is 2.32. The number of aromatic nitrogens is 4. The molecule has 4 rings (SSSR count). The molecule has 0 unspecified atom stereocenters. The van der Waals surface area contributed by atoms with Gasteiger partial charge in [-0.1, -0.05) is 0 Å². The van der Waals surface area contributed by atoms with Crippen LogP contribution in [-0.2, 0) is 0 Å². The normalized spacial score (nSPS) is 11.1. The lowest BCUT2D eigenvalue weighted by Crippen LogP contribution is -2.28. The van der Waals surface area contributed by atoms with Gasteiger partial charge in [-0.25, -0.2) is 14.5 Å². The minimum absolute atomic E-state index is 0.722. The highest BCUT2D eigenvalue weighted by molar-refractivity contribution is 5.79. The highest BCUT2D eigenvalue weighted by Gasteiger charge is 2.11. The zero-order valence-corrected chi connectivity index (χ0v) is 18.3. The SMILES string of the molecule is COc1cc(N(C)CCN(C)C)ccc1Nc1cc(-c2cnn3cccnc23)ccn1. The number of anilines is 3. The average Bonchev–Trinajstić information content (AvgIpc) is 3.22. The van der Waals surface area contributed by atoms with E-state index in [2.05, 4.69) is 57.4 Å². The van der Waals surface area contributed by atoms with E-state index in [4.69, 9.17) is 4.74 Å². The van der Waals surface area contributed by atoms with Gasteiger partial charge in [0, 0.05) is 56.0 Å². The summed E-state index contributed by atoms with van der Waals surface area (Å²) in [4.78, 5) is 13.3. The third-order valence-corrected chi connectivity index (χ3v) is 5.12. The van der Waals surface area contributed by atoms with Crippen molar-refractivity contribution in [2.24, 2.45) is 0 Å². The number of fused-ring (bicyclic) bond motifs is 1. The third-order valence-electron chi connectivity index (χ3n) is 5.12. The Morgan fingerprint density at radius 1 is 1.03 bits per heavy atom. The summed E-state index contributed by atoms with van der Waals surface area (Å²) in [5, 5.41) is 7.75. The van der Waals surface area contributed by atoms with Gasteiger partial charge in [-0.15, -0.1) is 0 Å². The molecule has 1 N–H and O–H groups in total. The fourth-order valence-corrected chi connectivity index (χ4v) is 3.33. The molecule has 8 nitrogen and oxygen atoms in total. The van der Waals surface area contributed by atoms with Gasteiger partial charge in [-0.2, -0.15) is 5.10 Å². The first-order valence-electron chi connectivity index (χ1n) is 10.1. The summed E-state index contributed by atoms with van der Waals surface area (Å²) in [6.07, 6.45) is 7.25. The summed E-state index contributed by atoms with van der Waals surface area (Å²) in [5.41, 5.74) is 4.71. The number of nitrogens with one attached hydrogen (secondary N) is 1. The highest BCUT2D eigenvalue weighted by atomic mass is 16.5. The number of benzene rings is 1. The molecule has 0 atom stereocenters. The maximum atomic E-state index is 5.64. The molecular formula is C23H27N7O. The molecule has 0 saturated heterocycles. The smallest absolute Gasteiger partial charge is 0.162 e. The minimum Gasteiger partial charge on any atom is -0.494 e. The first-order chi connectivity index (χ1) is 15.0. The molecule has 3 aromatic heterocycles. The van der Waals surface area contributed by atoms with Gasteiger partial charge in [0.1, 0.15) is 11.6 Å². The van der Waals surface area contributed by atoms with E-state index in [1.807, 2.05) is 42.7 Å². The average molecular weight is 418 g/mol. The Hall–Kier alpha value is -3.65. The Bertz CT molecular complexity index is 1170. The Labute approximate surface area is 182 Å². The van der Waals surface area contributed by atoms with Crippen molar-refractivity contribution in [3.05, 3.63) is 61.2 Å². The fraction of sp³-hybridized carbons (Fsp3) is 0.261. The number of hydrogen-bond acceptors (Lipinski definition) is 7. The van der Waals surface area contributed by atoms with Crippen LogP contribution in [0, 0.1) is 0 Å². The van der Waals surface area contributed by atoms with Gasteiger partial charge < -0.3 is 19.9 Å². The van der Waals surface area contributed by atoms with E-state index in [1.54, 1.807) is 24.0 Å². The summed E-state index contributed by atoms with van der Waals surface area (Å²) in [5.74, 6) is 1.49. The first-order valence-corrected chi connectivity index (χ1v) is 10.1. The molecule has 0 spiro atoms. The van der Waals surface area contributed by atoms with E-state index in [0.717, 1.165) is 52.8 Å². The lowest BCUT2D eigenvalue weighted by atomic mass is 10.1. The van der Waals surface area contributed by atoms with Crippen LogP contribution in [0.25, 0.3) is 16.8 Å². The molecule has 0 bridgehead atoms. The van der Waals surface area contributed by atoms with Crippen LogP contribution in [-0.4, -0.2) is 65.8 Å². The van der Waals surface area contributed by atoms with Crippen molar-refractivity contribution in [2.75, 3.05) is 51.6 Å². The largest absolute Gasteiger partial charge is 0.494 e. The van der Waals surface area contributed by atoms with E-state index in [1.165, 1.54) is 0 Å². The standard InChI is InChI=1S/C23H27N7O/c1-28(2)12-13-29(3)18-6-7-20(21(15-18)31-4)27-22-14-17(8-10-24-22)19-16-26-30-11-5-9-25-23(19)30/h5-11,14-16H,12-13H2,1-4H3,(H,24,27). The quantitative estimate of drug-likeness (QED) is 0.470. The van der Waals surface area contributed by atoms with Crippen molar-refractivity contribution in [1.82, 2.24) is 24.5 Å². The summed E-state index contributed by atoms with van der Waals surface area (Å²) in [7, 11) is 7.91. The number of nitrogens with zero attached hydrogens (tertiary/aromatic N) is 6. The van der Waals surface area contributed by atoms with Crippen molar-refractivity contribution in [1.29, 1.82) is 0 Å². The van der Waals surface area contributed by atoms with E-state index in [0.29, 0.717) is 0 Å². The topological polar surface area (TPSA) is 70.8 Å². The van der Waals surface area contributed by atoms with Gasteiger partial charge in [0.05, 0.1) is 19.0 Å². The van der Waals surface area contributed by atoms with Crippen molar-refractivity contribution >= 4 is 22.8 Å². The van der Waals surface area contributed by atoms with Gasteiger partial charge >= 0.3 is 0 Å². The Kier molecular flexibility index (Phi) is 5.99. The Balaban J connectivity index is 1.57. The lowest BCUT2D eigenvalue weighted by molar-refractivity contribution is 0.413. The van der Waals surface area contributed by atoms with E-state index in [-0.39, 0.29) is 0 Å². The van der Waals surface area contributed by atoms with E-state index >= 15 is 0 Å². The number of ether oxygens (including phenoxy) is 1. The molecule has 160 valence electrons. The zero-order valence-electron chi connectivity index (χ0n) is 18.3. The van der Waals surface area contributed by atoms with Crippen LogP contribution in [0.4, 0.5) is 17.2 Å². The Morgan fingerprint density at radius 3 is 2.71 bits per heavy atom. The summed E-state index contributed by atoms with van der Waals surface area (Å²) >= 11 is 0. The van der Waals surface area contributed by atoms with Crippen LogP contribution in [0.3, 0.4) is 0 Å². The van der Waals surface area contributed by atoms with Crippen molar-refractivity contribution < 1.29 is 4.74 Å². The second-order valence-corrected chi connectivity index (χ2v) is 7.61. The summed E-state index contributed by atoms with van der Waals surface area (Å²) < 4.78 is 7.40. The van der Waals surface area contributed by atoms with Crippen LogP contribution in [0.1, 0.15) is 0 Å². The number of hydrogen-bond donors (Lipinski definition) is 1. The minimum atomic E-state index is 0.722. The van der Waals surface area contributed by atoms with Crippen LogP contribution in [0.15, 0.2) is 61.2 Å². The lowest BCUT2D eigenvalue weighted by Gasteiger charge is -2.23. The second kappa shape index (κ2) is 9.01. The molecule has 0 fully saturated rings. The molecule has 0 radical (unpaired) electrons. The van der Waals surface area contributed by atoms with Gasteiger partial charge in [0.15, 0.2) is 5.65 Å².